The number of carbonyl (C=O) groups is 1. The van der Waals surface area contributed by atoms with Gasteiger partial charge in [0.05, 0.1) is 16.9 Å². The van der Waals surface area contributed by atoms with Gasteiger partial charge < -0.3 is 9.80 Å². The van der Waals surface area contributed by atoms with Crippen LogP contribution in [-0.4, -0.2) is 52.9 Å². The fourth-order valence-electron chi connectivity index (χ4n) is 3.83. The van der Waals surface area contributed by atoms with Crippen molar-refractivity contribution in [3.63, 3.8) is 0 Å². The molecule has 1 fully saturated rings. The van der Waals surface area contributed by atoms with Crippen molar-refractivity contribution in [3.05, 3.63) is 58.1 Å². The highest BCUT2D eigenvalue weighted by atomic mass is 32.1. The van der Waals surface area contributed by atoms with Gasteiger partial charge in [-0.3, -0.25) is 4.79 Å². The Hall–Kier alpha value is -2.87. The third-order valence-corrected chi connectivity index (χ3v) is 6.32. The number of piperidine rings is 1. The van der Waals surface area contributed by atoms with Crippen LogP contribution in [-0.2, 0) is 0 Å². The molecule has 1 atom stereocenters. The quantitative estimate of drug-likeness (QED) is 0.629. The van der Waals surface area contributed by atoms with Crippen LogP contribution in [0.25, 0.3) is 11.1 Å². The summed E-state index contributed by atoms with van der Waals surface area (Å²) in [5.41, 5.74) is 4.42. The standard InChI is InChI=1S/C22H24FN5OS/c1-14-20(30-13-25-14)21(29)28-10-6-7-15(12-28)19-17(11-24-22(26-19)27(2)3)16-8-4-5-9-18(16)23/h4-5,8-9,11,13,15H,6-7,10,12H2,1-3H3. The number of hydrogen-bond donors (Lipinski definition) is 0. The molecule has 1 unspecified atom stereocenters. The SMILES string of the molecule is Cc1ncsc1C(=O)N1CCCC(c2nc(N(C)C)ncc2-c2ccccc2F)C1. The summed E-state index contributed by atoms with van der Waals surface area (Å²) in [6.07, 6.45) is 3.45. The molecule has 0 saturated carbocycles. The second kappa shape index (κ2) is 8.47. The molecule has 0 N–H and O–H groups in total. The first kappa shape index (κ1) is 20.4. The molecule has 156 valence electrons. The average molecular weight is 426 g/mol. The zero-order chi connectivity index (χ0) is 21.3. The third kappa shape index (κ3) is 3.92. The van der Waals surface area contributed by atoms with Crippen molar-refractivity contribution < 1.29 is 9.18 Å². The summed E-state index contributed by atoms with van der Waals surface area (Å²) in [7, 11) is 3.76. The first-order chi connectivity index (χ1) is 14.5. The zero-order valence-electron chi connectivity index (χ0n) is 17.3. The Morgan fingerprint density at radius 3 is 2.73 bits per heavy atom. The van der Waals surface area contributed by atoms with E-state index in [1.165, 1.54) is 17.4 Å². The molecule has 1 aliphatic heterocycles. The van der Waals surface area contributed by atoms with Crippen molar-refractivity contribution in [1.82, 2.24) is 19.9 Å². The summed E-state index contributed by atoms with van der Waals surface area (Å²) in [6.45, 7) is 3.10. The topological polar surface area (TPSA) is 62.2 Å². The summed E-state index contributed by atoms with van der Waals surface area (Å²) >= 11 is 1.37. The maximum Gasteiger partial charge on any atom is 0.265 e. The summed E-state index contributed by atoms with van der Waals surface area (Å²) < 4.78 is 14.6. The van der Waals surface area contributed by atoms with E-state index in [1.807, 2.05) is 36.9 Å². The Kier molecular flexibility index (Phi) is 5.76. The molecule has 1 aliphatic rings. The van der Waals surface area contributed by atoms with E-state index in [9.17, 15) is 9.18 Å². The number of halogens is 1. The van der Waals surface area contributed by atoms with Gasteiger partial charge in [0, 0.05) is 50.4 Å². The molecular weight excluding hydrogens is 401 g/mol. The lowest BCUT2D eigenvalue weighted by Crippen LogP contribution is -2.39. The molecule has 1 saturated heterocycles. The number of hydrogen-bond acceptors (Lipinski definition) is 6. The van der Waals surface area contributed by atoms with Gasteiger partial charge in [0.1, 0.15) is 10.7 Å². The molecule has 6 nitrogen and oxygen atoms in total. The van der Waals surface area contributed by atoms with Crippen molar-refractivity contribution in [2.75, 3.05) is 32.1 Å². The van der Waals surface area contributed by atoms with Crippen molar-refractivity contribution in [2.24, 2.45) is 0 Å². The van der Waals surface area contributed by atoms with Gasteiger partial charge in [-0.25, -0.2) is 19.3 Å². The van der Waals surface area contributed by atoms with Crippen molar-refractivity contribution in [2.45, 2.75) is 25.7 Å². The highest BCUT2D eigenvalue weighted by molar-refractivity contribution is 7.11. The monoisotopic (exact) mass is 425 g/mol. The largest absolute Gasteiger partial charge is 0.347 e. The maximum absolute atomic E-state index is 14.6. The van der Waals surface area contributed by atoms with Crippen LogP contribution in [0.1, 0.15) is 39.8 Å². The molecule has 0 aliphatic carbocycles. The van der Waals surface area contributed by atoms with Crippen LogP contribution in [0.3, 0.4) is 0 Å². The minimum atomic E-state index is -0.302. The van der Waals surface area contributed by atoms with Gasteiger partial charge >= 0.3 is 0 Å². The second-order valence-electron chi connectivity index (χ2n) is 7.70. The van der Waals surface area contributed by atoms with E-state index in [1.54, 1.807) is 23.8 Å². The zero-order valence-corrected chi connectivity index (χ0v) is 18.1. The molecule has 4 rings (SSSR count). The summed E-state index contributed by atoms with van der Waals surface area (Å²) in [5.74, 6) is 0.289. The number of thiazole rings is 1. The van der Waals surface area contributed by atoms with E-state index in [-0.39, 0.29) is 17.6 Å². The molecule has 3 aromatic rings. The smallest absolute Gasteiger partial charge is 0.265 e. The first-order valence-electron chi connectivity index (χ1n) is 9.94. The van der Waals surface area contributed by atoms with Crippen LogP contribution in [0.15, 0.2) is 36.0 Å². The van der Waals surface area contributed by atoms with Gasteiger partial charge in [0.15, 0.2) is 0 Å². The second-order valence-corrected chi connectivity index (χ2v) is 8.56. The molecule has 1 amide bonds. The lowest BCUT2D eigenvalue weighted by atomic mass is 9.89. The Morgan fingerprint density at radius 2 is 2.03 bits per heavy atom. The van der Waals surface area contributed by atoms with Gasteiger partial charge in [-0.1, -0.05) is 18.2 Å². The number of nitrogens with zero attached hydrogens (tertiary/aromatic N) is 5. The van der Waals surface area contributed by atoms with E-state index in [0.29, 0.717) is 35.0 Å². The molecule has 30 heavy (non-hydrogen) atoms. The van der Waals surface area contributed by atoms with E-state index in [0.717, 1.165) is 24.2 Å². The van der Waals surface area contributed by atoms with Crippen molar-refractivity contribution >= 4 is 23.2 Å². The van der Waals surface area contributed by atoms with E-state index < -0.39 is 0 Å². The van der Waals surface area contributed by atoms with Gasteiger partial charge in [-0.2, -0.15) is 0 Å². The number of benzene rings is 1. The number of likely N-dealkylation sites (tertiary alicyclic amines) is 1. The minimum absolute atomic E-state index is 0.00670. The maximum atomic E-state index is 14.6. The average Bonchev–Trinajstić information content (AvgIpc) is 3.19. The van der Waals surface area contributed by atoms with Crippen LogP contribution in [0.5, 0.6) is 0 Å². The number of aromatic nitrogens is 3. The molecule has 2 aromatic heterocycles. The number of anilines is 1. The third-order valence-electron chi connectivity index (χ3n) is 5.40. The molecule has 0 spiro atoms. The first-order valence-corrected chi connectivity index (χ1v) is 10.8. The predicted octanol–water partition coefficient (Wildman–Crippen LogP) is 4.13. The summed E-state index contributed by atoms with van der Waals surface area (Å²) in [5, 5.41) is 0. The molecule has 1 aromatic carbocycles. The Morgan fingerprint density at radius 1 is 1.23 bits per heavy atom. The van der Waals surface area contributed by atoms with E-state index in [2.05, 4.69) is 9.97 Å². The summed E-state index contributed by atoms with van der Waals surface area (Å²) in [4.78, 5) is 30.8. The van der Waals surface area contributed by atoms with Crippen LogP contribution >= 0.6 is 11.3 Å². The molecular formula is C22H24FN5OS. The van der Waals surface area contributed by atoms with Crippen molar-refractivity contribution in [1.29, 1.82) is 0 Å². The van der Waals surface area contributed by atoms with Crippen LogP contribution in [0.2, 0.25) is 0 Å². The molecule has 8 heteroatoms. The minimum Gasteiger partial charge on any atom is -0.347 e. The van der Waals surface area contributed by atoms with E-state index >= 15 is 0 Å². The van der Waals surface area contributed by atoms with Gasteiger partial charge in [0.2, 0.25) is 5.95 Å². The molecule has 0 bridgehead atoms. The van der Waals surface area contributed by atoms with Crippen LogP contribution in [0, 0.1) is 12.7 Å². The number of aryl methyl sites for hydroxylation is 1. The van der Waals surface area contributed by atoms with Gasteiger partial charge in [0.25, 0.3) is 5.91 Å². The van der Waals surface area contributed by atoms with E-state index in [4.69, 9.17) is 4.98 Å². The Labute approximate surface area is 179 Å². The number of carbonyl (C=O) groups excluding carboxylic acids is 1. The predicted molar refractivity (Wildman–Crippen MR) is 116 cm³/mol. The summed E-state index contributed by atoms with van der Waals surface area (Å²) in [6, 6.07) is 6.68. The number of amides is 1. The van der Waals surface area contributed by atoms with Crippen LogP contribution in [0.4, 0.5) is 10.3 Å². The highest BCUT2D eigenvalue weighted by Gasteiger charge is 2.30. The molecule has 3 heterocycles. The number of rotatable bonds is 4. The highest BCUT2D eigenvalue weighted by Crippen LogP contribution is 2.35. The Bertz CT molecular complexity index is 1070. The molecule has 0 radical (unpaired) electrons. The fourth-order valence-corrected chi connectivity index (χ4v) is 4.60. The van der Waals surface area contributed by atoms with Gasteiger partial charge in [-0.05, 0) is 25.8 Å². The van der Waals surface area contributed by atoms with Crippen LogP contribution < -0.4 is 4.90 Å². The Balaban J connectivity index is 1.71. The lowest BCUT2D eigenvalue weighted by Gasteiger charge is -2.33. The van der Waals surface area contributed by atoms with Crippen molar-refractivity contribution in [3.8, 4) is 11.1 Å². The lowest BCUT2D eigenvalue weighted by molar-refractivity contribution is 0.0710. The normalized spacial score (nSPS) is 16.5. The van der Waals surface area contributed by atoms with Gasteiger partial charge in [-0.15, -0.1) is 11.3 Å². The fraction of sp³-hybridized carbons (Fsp3) is 0.364.